The second-order valence-corrected chi connectivity index (χ2v) is 9.39. The molecule has 3 aromatic rings. The van der Waals surface area contributed by atoms with Crippen molar-refractivity contribution >= 4 is 11.0 Å². The van der Waals surface area contributed by atoms with E-state index >= 15 is 0 Å². The molecule has 1 saturated carbocycles. The SMILES string of the molecule is CN(CCCc1nc2ccccc2[nH]1)CC[C@]1(O)C[C@H]2CC[C@@H]1c1cc(F)c(F)cc12. The van der Waals surface area contributed by atoms with Crippen LogP contribution in [0.15, 0.2) is 36.4 Å². The van der Waals surface area contributed by atoms with Crippen LogP contribution in [-0.2, 0) is 6.42 Å². The van der Waals surface area contributed by atoms with Crippen LogP contribution in [0.3, 0.4) is 0 Å². The molecule has 164 valence electrons. The van der Waals surface area contributed by atoms with Crippen LogP contribution in [0.5, 0.6) is 0 Å². The van der Waals surface area contributed by atoms with Crippen LogP contribution in [0.4, 0.5) is 8.78 Å². The monoisotopic (exact) mass is 425 g/mol. The van der Waals surface area contributed by atoms with E-state index in [1.807, 2.05) is 24.3 Å². The van der Waals surface area contributed by atoms with Crippen molar-refractivity contribution in [1.29, 1.82) is 0 Å². The number of fused-ring (bicyclic) bond motifs is 3. The number of imidazole rings is 1. The van der Waals surface area contributed by atoms with Crippen LogP contribution < -0.4 is 0 Å². The Kier molecular flexibility index (Phi) is 5.30. The van der Waals surface area contributed by atoms with Gasteiger partial charge in [0.2, 0.25) is 0 Å². The van der Waals surface area contributed by atoms with Gasteiger partial charge in [-0.15, -0.1) is 0 Å². The highest BCUT2D eigenvalue weighted by Gasteiger charge is 2.49. The predicted octanol–water partition coefficient (Wildman–Crippen LogP) is 4.89. The van der Waals surface area contributed by atoms with Gasteiger partial charge in [0.15, 0.2) is 11.6 Å². The van der Waals surface area contributed by atoms with Crippen molar-refractivity contribution in [1.82, 2.24) is 14.9 Å². The molecule has 2 aromatic carbocycles. The van der Waals surface area contributed by atoms with E-state index in [1.165, 1.54) is 12.1 Å². The van der Waals surface area contributed by atoms with E-state index in [1.54, 1.807) is 0 Å². The third-order valence-corrected chi connectivity index (χ3v) is 7.31. The van der Waals surface area contributed by atoms with Gasteiger partial charge in [0, 0.05) is 18.9 Å². The van der Waals surface area contributed by atoms with Crippen molar-refractivity contribution in [2.24, 2.45) is 0 Å². The minimum Gasteiger partial charge on any atom is -0.389 e. The van der Waals surface area contributed by atoms with E-state index in [-0.39, 0.29) is 11.8 Å². The first-order valence-corrected chi connectivity index (χ1v) is 11.3. The summed E-state index contributed by atoms with van der Waals surface area (Å²) in [5, 5.41) is 11.4. The van der Waals surface area contributed by atoms with E-state index in [0.717, 1.165) is 66.8 Å². The zero-order valence-corrected chi connectivity index (χ0v) is 17.9. The summed E-state index contributed by atoms with van der Waals surface area (Å²) in [6.07, 6.45) is 4.93. The molecular formula is C25H29F2N3O. The van der Waals surface area contributed by atoms with Crippen LogP contribution in [0, 0.1) is 11.6 Å². The molecule has 0 unspecified atom stereocenters. The number of rotatable bonds is 7. The third kappa shape index (κ3) is 3.87. The zero-order chi connectivity index (χ0) is 21.6. The molecule has 0 radical (unpaired) electrons. The number of benzene rings is 2. The second kappa shape index (κ2) is 7.99. The molecule has 6 heteroatoms. The second-order valence-electron chi connectivity index (χ2n) is 9.39. The van der Waals surface area contributed by atoms with Crippen molar-refractivity contribution in [2.75, 3.05) is 20.1 Å². The Hall–Kier alpha value is -2.31. The molecule has 3 atom stereocenters. The first-order valence-electron chi connectivity index (χ1n) is 11.3. The van der Waals surface area contributed by atoms with Gasteiger partial charge in [-0.2, -0.15) is 0 Å². The van der Waals surface area contributed by atoms with E-state index in [4.69, 9.17) is 0 Å². The van der Waals surface area contributed by atoms with Crippen molar-refractivity contribution in [3.63, 3.8) is 0 Å². The summed E-state index contributed by atoms with van der Waals surface area (Å²) in [5.74, 6) is -0.566. The average Bonchev–Trinajstić information content (AvgIpc) is 3.16. The molecule has 4 nitrogen and oxygen atoms in total. The quantitative estimate of drug-likeness (QED) is 0.567. The zero-order valence-electron chi connectivity index (χ0n) is 17.9. The largest absolute Gasteiger partial charge is 0.389 e. The number of hydrogen-bond donors (Lipinski definition) is 2. The van der Waals surface area contributed by atoms with Gasteiger partial charge in [-0.05, 0) is 87.0 Å². The van der Waals surface area contributed by atoms with E-state index in [9.17, 15) is 13.9 Å². The van der Waals surface area contributed by atoms with Gasteiger partial charge in [0.1, 0.15) is 5.82 Å². The topological polar surface area (TPSA) is 52.2 Å². The molecule has 0 aliphatic heterocycles. The van der Waals surface area contributed by atoms with Gasteiger partial charge >= 0.3 is 0 Å². The van der Waals surface area contributed by atoms with Crippen LogP contribution in [0.2, 0.25) is 0 Å². The first-order chi connectivity index (χ1) is 14.9. The Morgan fingerprint density at radius 3 is 2.71 bits per heavy atom. The summed E-state index contributed by atoms with van der Waals surface area (Å²) in [6.45, 7) is 1.69. The number of aliphatic hydroxyl groups is 1. The standard InChI is InChI=1S/C25H29F2N3O/c1-30(11-4-7-24-28-22-5-2-3-6-23(22)29-24)12-10-25(31)15-16-8-9-19(25)18-14-21(27)20(26)13-17(16)18/h2-3,5-6,13-14,16,19,31H,4,7-12,15H2,1H3,(H,28,29)/t16-,19-,25+/m1/s1. The Labute approximate surface area is 181 Å². The number of para-hydroxylation sites is 2. The summed E-state index contributed by atoms with van der Waals surface area (Å²) in [7, 11) is 2.08. The van der Waals surface area contributed by atoms with Crippen molar-refractivity contribution in [3.8, 4) is 0 Å². The number of halogens is 2. The first kappa shape index (κ1) is 20.6. The molecule has 1 fully saturated rings. The molecule has 0 amide bonds. The number of H-pyrrole nitrogens is 1. The summed E-state index contributed by atoms with van der Waals surface area (Å²) in [4.78, 5) is 10.2. The molecular weight excluding hydrogens is 396 g/mol. The number of aromatic nitrogens is 2. The molecule has 6 rings (SSSR count). The van der Waals surface area contributed by atoms with Crippen LogP contribution in [0.1, 0.15) is 60.9 Å². The molecule has 2 N–H and O–H groups in total. The lowest BCUT2D eigenvalue weighted by Crippen LogP contribution is -2.47. The average molecular weight is 426 g/mol. The fourth-order valence-electron chi connectivity index (χ4n) is 5.66. The van der Waals surface area contributed by atoms with Crippen LogP contribution in [0.25, 0.3) is 11.0 Å². The Balaban J connectivity index is 1.17. The lowest BCUT2D eigenvalue weighted by Gasteiger charge is -2.50. The molecule has 1 aromatic heterocycles. The van der Waals surface area contributed by atoms with Gasteiger partial charge in [0.05, 0.1) is 16.6 Å². The number of nitrogens with one attached hydrogen (secondary N) is 1. The maximum absolute atomic E-state index is 13.9. The molecule has 0 saturated heterocycles. The van der Waals surface area contributed by atoms with E-state index in [0.29, 0.717) is 12.8 Å². The maximum Gasteiger partial charge on any atom is 0.159 e. The molecule has 31 heavy (non-hydrogen) atoms. The highest BCUT2D eigenvalue weighted by Crippen LogP contribution is 2.55. The highest BCUT2D eigenvalue weighted by atomic mass is 19.2. The number of nitrogens with zero attached hydrogens (tertiary/aromatic N) is 2. The molecule has 3 aliphatic rings. The Bertz CT molecular complexity index is 1060. The van der Waals surface area contributed by atoms with E-state index in [2.05, 4.69) is 21.9 Å². The van der Waals surface area contributed by atoms with Crippen molar-refractivity contribution in [2.45, 2.75) is 56.0 Å². The fraction of sp³-hybridized carbons (Fsp3) is 0.480. The minimum atomic E-state index is -0.840. The summed E-state index contributed by atoms with van der Waals surface area (Å²) in [5.41, 5.74) is 2.94. The van der Waals surface area contributed by atoms with E-state index < -0.39 is 17.2 Å². The van der Waals surface area contributed by atoms with Gasteiger partial charge < -0.3 is 15.0 Å². The van der Waals surface area contributed by atoms with Crippen LogP contribution in [-0.4, -0.2) is 45.7 Å². The summed E-state index contributed by atoms with van der Waals surface area (Å²) in [6, 6.07) is 10.7. The number of aromatic amines is 1. The number of hydrogen-bond acceptors (Lipinski definition) is 3. The Morgan fingerprint density at radius 1 is 1.13 bits per heavy atom. The predicted molar refractivity (Wildman–Crippen MR) is 117 cm³/mol. The summed E-state index contributed by atoms with van der Waals surface area (Å²) >= 11 is 0. The molecule has 1 heterocycles. The summed E-state index contributed by atoms with van der Waals surface area (Å²) < 4.78 is 27.6. The maximum atomic E-state index is 13.9. The molecule has 3 aliphatic carbocycles. The van der Waals surface area contributed by atoms with Gasteiger partial charge in [0.25, 0.3) is 0 Å². The Morgan fingerprint density at radius 2 is 1.90 bits per heavy atom. The van der Waals surface area contributed by atoms with Gasteiger partial charge in [-0.3, -0.25) is 0 Å². The fourth-order valence-corrected chi connectivity index (χ4v) is 5.66. The van der Waals surface area contributed by atoms with Crippen molar-refractivity contribution in [3.05, 3.63) is 65.0 Å². The van der Waals surface area contributed by atoms with Crippen LogP contribution >= 0.6 is 0 Å². The molecule has 0 spiro atoms. The minimum absolute atomic E-state index is 0.105. The number of aryl methyl sites for hydroxylation is 1. The normalized spacial score (nSPS) is 24.8. The van der Waals surface area contributed by atoms with Gasteiger partial charge in [-0.25, -0.2) is 13.8 Å². The highest BCUT2D eigenvalue weighted by molar-refractivity contribution is 5.74. The lowest BCUT2D eigenvalue weighted by atomic mass is 9.58. The van der Waals surface area contributed by atoms with Crippen molar-refractivity contribution < 1.29 is 13.9 Å². The third-order valence-electron chi connectivity index (χ3n) is 7.31. The smallest absolute Gasteiger partial charge is 0.159 e. The lowest BCUT2D eigenvalue weighted by molar-refractivity contribution is -0.0454. The molecule has 2 bridgehead atoms. The van der Waals surface area contributed by atoms with Gasteiger partial charge in [-0.1, -0.05) is 12.1 Å².